The van der Waals surface area contributed by atoms with Crippen molar-refractivity contribution in [3.8, 4) is 5.75 Å². The predicted octanol–water partition coefficient (Wildman–Crippen LogP) is 4.51. The second kappa shape index (κ2) is 5.55. The van der Waals surface area contributed by atoms with Gasteiger partial charge in [-0.1, -0.05) is 32.4 Å². The molecule has 0 spiro atoms. The van der Waals surface area contributed by atoms with E-state index >= 15 is 0 Å². The first-order valence-corrected chi connectivity index (χ1v) is 9.44. The van der Waals surface area contributed by atoms with Crippen molar-refractivity contribution in [2.45, 2.75) is 38.9 Å². The van der Waals surface area contributed by atoms with Crippen molar-refractivity contribution >= 4 is 25.9 Å². The lowest BCUT2D eigenvalue weighted by molar-refractivity contribution is 0.0600. The van der Waals surface area contributed by atoms with Crippen molar-refractivity contribution in [3.05, 3.63) is 28.8 Å². The molecule has 0 bridgehead atoms. The Morgan fingerprint density at radius 3 is 2.32 bits per heavy atom. The SMILES string of the molecule is COC(=O)c1ccc(Cl)c(O[Si](C)(C)C(C)(C)C)c1. The summed E-state index contributed by atoms with van der Waals surface area (Å²) in [7, 11) is -0.629. The fourth-order valence-corrected chi connectivity index (χ4v) is 2.50. The van der Waals surface area contributed by atoms with Crippen LogP contribution in [-0.2, 0) is 4.74 Å². The Balaban J connectivity index is 3.11. The third-order valence-corrected chi connectivity index (χ3v) is 8.18. The number of carbonyl (C=O) groups excluding carboxylic acids is 1. The Morgan fingerprint density at radius 1 is 1.26 bits per heavy atom. The lowest BCUT2D eigenvalue weighted by atomic mass is 10.2. The average molecular weight is 301 g/mol. The maximum absolute atomic E-state index is 11.5. The van der Waals surface area contributed by atoms with E-state index in [2.05, 4.69) is 33.9 Å². The summed E-state index contributed by atoms with van der Waals surface area (Å²) < 4.78 is 10.8. The van der Waals surface area contributed by atoms with E-state index in [9.17, 15) is 4.79 Å². The molecule has 0 amide bonds. The zero-order chi connectivity index (χ0) is 14.8. The minimum absolute atomic E-state index is 0.0671. The molecule has 106 valence electrons. The van der Waals surface area contributed by atoms with Crippen LogP contribution in [0.5, 0.6) is 5.75 Å². The molecule has 0 N–H and O–H groups in total. The molecule has 0 radical (unpaired) electrons. The summed E-state index contributed by atoms with van der Waals surface area (Å²) in [4.78, 5) is 11.5. The largest absolute Gasteiger partial charge is 0.542 e. The van der Waals surface area contributed by atoms with Gasteiger partial charge in [0.2, 0.25) is 0 Å². The molecular formula is C14H21ClO3Si. The monoisotopic (exact) mass is 300 g/mol. The molecule has 0 saturated carbocycles. The molecule has 0 aromatic heterocycles. The molecule has 0 saturated heterocycles. The van der Waals surface area contributed by atoms with Crippen LogP contribution in [0.3, 0.4) is 0 Å². The van der Waals surface area contributed by atoms with Gasteiger partial charge in [-0.15, -0.1) is 0 Å². The van der Waals surface area contributed by atoms with E-state index in [1.54, 1.807) is 18.2 Å². The first-order valence-electron chi connectivity index (χ1n) is 6.15. The quantitative estimate of drug-likeness (QED) is 0.608. The molecule has 0 unspecified atom stereocenters. The fourth-order valence-electron chi connectivity index (χ4n) is 1.25. The highest BCUT2D eigenvalue weighted by molar-refractivity contribution is 6.74. The number of carbonyl (C=O) groups is 1. The summed E-state index contributed by atoms with van der Waals surface area (Å²) >= 11 is 6.15. The van der Waals surface area contributed by atoms with E-state index in [-0.39, 0.29) is 5.04 Å². The standard InChI is InChI=1S/C14H21ClO3Si/c1-14(2,3)19(5,6)18-12-9-10(13(16)17-4)7-8-11(12)15/h7-9H,1-6H3. The van der Waals surface area contributed by atoms with Crippen molar-refractivity contribution < 1.29 is 14.0 Å². The maximum atomic E-state index is 11.5. The Morgan fingerprint density at radius 2 is 1.84 bits per heavy atom. The Bertz CT molecular complexity index is 478. The van der Waals surface area contributed by atoms with Gasteiger partial charge in [-0.3, -0.25) is 0 Å². The molecule has 3 nitrogen and oxygen atoms in total. The fraction of sp³-hybridized carbons (Fsp3) is 0.500. The molecule has 1 rings (SSSR count). The van der Waals surface area contributed by atoms with Crippen LogP contribution in [0, 0.1) is 0 Å². The predicted molar refractivity (Wildman–Crippen MR) is 80.6 cm³/mol. The number of halogens is 1. The van der Waals surface area contributed by atoms with Crippen LogP contribution in [0.1, 0.15) is 31.1 Å². The highest BCUT2D eigenvalue weighted by atomic mass is 35.5. The van der Waals surface area contributed by atoms with Crippen molar-refractivity contribution in [1.82, 2.24) is 0 Å². The number of methoxy groups -OCH3 is 1. The van der Waals surface area contributed by atoms with E-state index in [1.807, 2.05) is 0 Å². The van der Waals surface area contributed by atoms with Gasteiger partial charge in [-0.05, 0) is 36.3 Å². The van der Waals surface area contributed by atoms with Crippen molar-refractivity contribution in [1.29, 1.82) is 0 Å². The van der Waals surface area contributed by atoms with Gasteiger partial charge >= 0.3 is 5.97 Å². The highest BCUT2D eigenvalue weighted by Crippen LogP contribution is 2.39. The molecule has 1 aromatic rings. The Kier molecular flexibility index (Phi) is 4.69. The number of benzene rings is 1. The smallest absolute Gasteiger partial charge is 0.337 e. The first-order chi connectivity index (χ1) is 8.58. The van der Waals surface area contributed by atoms with Crippen LogP contribution >= 0.6 is 11.6 Å². The lowest BCUT2D eigenvalue weighted by Gasteiger charge is -2.36. The molecule has 0 atom stereocenters. The minimum atomic E-state index is -1.98. The Hall–Kier alpha value is -1.00. The van der Waals surface area contributed by atoms with Gasteiger partial charge in [-0.25, -0.2) is 4.79 Å². The number of hydrogen-bond donors (Lipinski definition) is 0. The van der Waals surface area contributed by atoms with Crippen molar-refractivity contribution in [3.63, 3.8) is 0 Å². The third-order valence-electron chi connectivity index (χ3n) is 3.52. The van der Waals surface area contributed by atoms with E-state index in [0.29, 0.717) is 16.3 Å². The summed E-state index contributed by atoms with van der Waals surface area (Å²) in [5.74, 6) is 0.160. The van der Waals surface area contributed by atoms with Crippen LogP contribution in [0.2, 0.25) is 23.2 Å². The number of rotatable bonds is 3. The third kappa shape index (κ3) is 3.73. The molecule has 0 aliphatic heterocycles. The minimum Gasteiger partial charge on any atom is -0.542 e. The second-order valence-corrected chi connectivity index (χ2v) is 11.1. The van der Waals surface area contributed by atoms with E-state index in [4.69, 9.17) is 20.8 Å². The summed E-state index contributed by atoms with van der Waals surface area (Å²) in [6.07, 6.45) is 0. The van der Waals surface area contributed by atoms with E-state index in [1.165, 1.54) is 7.11 Å². The highest BCUT2D eigenvalue weighted by Gasteiger charge is 2.39. The van der Waals surface area contributed by atoms with Crippen LogP contribution < -0.4 is 4.43 Å². The molecule has 0 fully saturated rings. The van der Waals surface area contributed by atoms with Crippen LogP contribution in [-0.4, -0.2) is 21.4 Å². The molecule has 19 heavy (non-hydrogen) atoms. The first kappa shape index (κ1) is 16.1. The average Bonchev–Trinajstić information content (AvgIpc) is 2.29. The second-order valence-electron chi connectivity index (χ2n) is 6.00. The van der Waals surface area contributed by atoms with Crippen molar-refractivity contribution in [2.24, 2.45) is 0 Å². The van der Waals surface area contributed by atoms with Gasteiger partial charge in [0.25, 0.3) is 8.32 Å². The molecular weight excluding hydrogens is 280 g/mol. The van der Waals surface area contributed by atoms with Gasteiger partial charge in [0, 0.05) is 0 Å². The van der Waals surface area contributed by atoms with Gasteiger partial charge in [0.05, 0.1) is 17.7 Å². The van der Waals surface area contributed by atoms with Crippen LogP contribution in [0.15, 0.2) is 18.2 Å². The lowest BCUT2D eigenvalue weighted by Crippen LogP contribution is -2.43. The van der Waals surface area contributed by atoms with Gasteiger partial charge < -0.3 is 9.16 Å². The summed E-state index contributed by atoms with van der Waals surface area (Å²) in [5.41, 5.74) is 0.445. The molecule has 5 heteroatoms. The molecule has 0 heterocycles. The van der Waals surface area contributed by atoms with Gasteiger partial charge in [0.1, 0.15) is 5.75 Å². The number of hydrogen-bond acceptors (Lipinski definition) is 3. The number of ether oxygens (including phenoxy) is 1. The Labute approximate surface area is 121 Å². The topological polar surface area (TPSA) is 35.5 Å². The summed E-state index contributed by atoms with van der Waals surface area (Å²) in [5, 5.41) is 0.579. The van der Waals surface area contributed by atoms with Gasteiger partial charge in [-0.2, -0.15) is 0 Å². The maximum Gasteiger partial charge on any atom is 0.337 e. The molecule has 0 aliphatic carbocycles. The van der Waals surface area contributed by atoms with E-state index in [0.717, 1.165) is 0 Å². The zero-order valence-electron chi connectivity index (χ0n) is 12.3. The van der Waals surface area contributed by atoms with Crippen LogP contribution in [0.4, 0.5) is 0 Å². The summed E-state index contributed by atoms with van der Waals surface area (Å²) in [6, 6.07) is 4.94. The zero-order valence-corrected chi connectivity index (χ0v) is 14.1. The molecule has 0 aliphatic rings. The van der Waals surface area contributed by atoms with Crippen molar-refractivity contribution in [2.75, 3.05) is 7.11 Å². The normalized spacial score (nSPS) is 12.2. The molecule has 1 aromatic carbocycles. The van der Waals surface area contributed by atoms with Gasteiger partial charge in [0.15, 0.2) is 0 Å². The van der Waals surface area contributed by atoms with E-state index < -0.39 is 14.3 Å². The summed E-state index contributed by atoms with van der Waals surface area (Å²) in [6.45, 7) is 10.7. The number of esters is 1. The van der Waals surface area contributed by atoms with Crippen LogP contribution in [0.25, 0.3) is 0 Å².